The van der Waals surface area contributed by atoms with E-state index in [0.29, 0.717) is 13.0 Å². The van der Waals surface area contributed by atoms with Crippen molar-refractivity contribution in [2.24, 2.45) is 0 Å². The number of aliphatic hydroxyl groups is 1. The van der Waals surface area contributed by atoms with E-state index in [1.54, 1.807) is 20.8 Å². The average Bonchev–Trinajstić information content (AvgIpc) is 2.51. The summed E-state index contributed by atoms with van der Waals surface area (Å²) in [5, 5.41) is 9.12. The van der Waals surface area contributed by atoms with Crippen LogP contribution in [0.4, 0.5) is 0 Å². The van der Waals surface area contributed by atoms with Gasteiger partial charge in [-0.1, -0.05) is 0 Å². The first kappa shape index (κ1) is 13.4. The normalized spacial score (nSPS) is 28.0. The Morgan fingerprint density at radius 1 is 1.38 bits per heavy atom. The van der Waals surface area contributed by atoms with Crippen molar-refractivity contribution in [2.45, 2.75) is 51.6 Å². The van der Waals surface area contributed by atoms with Gasteiger partial charge in [-0.15, -0.1) is 0 Å². The Bertz CT molecular complexity index is 239. The molecule has 0 aromatic rings. The fraction of sp³-hybridized carbons (Fsp3) is 0.909. The molecule has 0 aliphatic carbocycles. The van der Waals surface area contributed by atoms with Gasteiger partial charge in [0.2, 0.25) is 0 Å². The Kier molecular flexibility index (Phi) is 4.70. The van der Waals surface area contributed by atoms with Gasteiger partial charge in [0, 0.05) is 6.42 Å². The zero-order chi connectivity index (χ0) is 12.2. The van der Waals surface area contributed by atoms with Crippen molar-refractivity contribution in [3.05, 3.63) is 0 Å². The molecule has 94 valence electrons. The van der Waals surface area contributed by atoms with Gasteiger partial charge in [0.25, 0.3) is 0 Å². The van der Waals surface area contributed by atoms with Crippen LogP contribution in [0.15, 0.2) is 0 Å². The molecule has 1 aliphatic heterocycles. The molecule has 0 spiro atoms. The van der Waals surface area contributed by atoms with Crippen molar-refractivity contribution in [1.82, 2.24) is 0 Å². The standard InChI is InChI=1S/C11H20O5/c1-4-14-10(13)6-5-8-9(7-12)16-11(2,3)15-8/h8-9,12H,4-7H2,1-3H3/t8-,9+/m0/s1. The summed E-state index contributed by atoms with van der Waals surface area (Å²) in [6.07, 6.45) is 0.191. The van der Waals surface area contributed by atoms with Gasteiger partial charge in [-0.05, 0) is 27.2 Å². The highest BCUT2D eigenvalue weighted by molar-refractivity contribution is 5.69. The molecule has 0 amide bonds. The quantitative estimate of drug-likeness (QED) is 0.712. The van der Waals surface area contributed by atoms with E-state index in [1.165, 1.54) is 0 Å². The van der Waals surface area contributed by atoms with E-state index in [1.807, 2.05) is 0 Å². The van der Waals surface area contributed by atoms with E-state index in [2.05, 4.69) is 0 Å². The van der Waals surface area contributed by atoms with Crippen molar-refractivity contribution >= 4 is 5.97 Å². The third-order valence-electron chi connectivity index (χ3n) is 2.40. The number of hydrogen-bond acceptors (Lipinski definition) is 5. The molecule has 0 radical (unpaired) electrons. The monoisotopic (exact) mass is 232 g/mol. The molecule has 1 saturated heterocycles. The van der Waals surface area contributed by atoms with Gasteiger partial charge in [-0.2, -0.15) is 0 Å². The summed E-state index contributed by atoms with van der Waals surface area (Å²) in [5.74, 6) is -0.931. The number of carbonyl (C=O) groups is 1. The summed E-state index contributed by atoms with van der Waals surface area (Å²) in [6, 6.07) is 0. The minimum Gasteiger partial charge on any atom is -0.466 e. The second-order valence-corrected chi connectivity index (χ2v) is 4.24. The van der Waals surface area contributed by atoms with Crippen molar-refractivity contribution in [1.29, 1.82) is 0 Å². The largest absolute Gasteiger partial charge is 0.466 e. The fourth-order valence-electron chi connectivity index (χ4n) is 1.80. The van der Waals surface area contributed by atoms with Gasteiger partial charge in [-0.3, -0.25) is 4.79 Å². The summed E-state index contributed by atoms with van der Waals surface area (Å²) < 4.78 is 15.9. The first-order valence-corrected chi connectivity index (χ1v) is 5.60. The summed E-state index contributed by atoms with van der Waals surface area (Å²) >= 11 is 0. The van der Waals surface area contributed by atoms with E-state index in [0.717, 1.165) is 0 Å². The first-order valence-electron chi connectivity index (χ1n) is 5.60. The maximum atomic E-state index is 11.2. The van der Waals surface area contributed by atoms with Crippen LogP contribution in [-0.2, 0) is 19.0 Å². The number of carbonyl (C=O) groups excluding carboxylic acids is 1. The minimum atomic E-state index is -0.688. The SMILES string of the molecule is CCOC(=O)CC[C@@H]1OC(C)(C)O[C@@H]1CO. The Morgan fingerprint density at radius 3 is 2.56 bits per heavy atom. The van der Waals surface area contributed by atoms with Crippen LogP contribution < -0.4 is 0 Å². The van der Waals surface area contributed by atoms with Gasteiger partial charge in [0.05, 0.1) is 19.3 Å². The Labute approximate surface area is 95.7 Å². The predicted molar refractivity (Wildman–Crippen MR) is 56.8 cm³/mol. The second-order valence-electron chi connectivity index (χ2n) is 4.24. The lowest BCUT2D eigenvalue weighted by Crippen LogP contribution is -2.27. The van der Waals surface area contributed by atoms with Gasteiger partial charge >= 0.3 is 5.97 Å². The van der Waals surface area contributed by atoms with Crippen LogP contribution in [0.5, 0.6) is 0 Å². The second kappa shape index (κ2) is 5.61. The number of aliphatic hydroxyl groups excluding tert-OH is 1. The molecule has 0 aromatic carbocycles. The van der Waals surface area contributed by atoms with Gasteiger partial charge in [0.1, 0.15) is 6.10 Å². The van der Waals surface area contributed by atoms with Crippen LogP contribution >= 0.6 is 0 Å². The highest BCUT2D eigenvalue weighted by atomic mass is 16.8. The molecule has 1 heterocycles. The van der Waals surface area contributed by atoms with Crippen molar-refractivity contribution in [3.8, 4) is 0 Å². The molecule has 0 bridgehead atoms. The van der Waals surface area contributed by atoms with E-state index >= 15 is 0 Å². The zero-order valence-electron chi connectivity index (χ0n) is 10.1. The number of esters is 1. The summed E-state index contributed by atoms with van der Waals surface area (Å²) in [6.45, 7) is 5.64. The molecule has 5 nitrogen and oxygen atoms in total. The van der Waals surface area contributed by atoms with Gasteiger partial charge in [0.15, 0.2) is 5.79 Å². The van der Waals surface area contributed by atoms with Crippen molar-refractivity contribution in [2.75, 3.05) is 13.2 Å². The number of rotatable bonds is 5. The molecule has 1 fully saturated rings. The predicted octanol–water partition coefficient (Wildman–Crippen LogP) is 0.842. The summed E-state index contributed by atoms with van der Waals surface area (Å²) in [4.78, 5) is 11.2. The molecule has 1 N–H and O–H groups in total. The summed E-state index contributed by atoms with van der Waals surface area (Å²) in [5.41, 5.74) is 0. The third kappa shape index (κ3) is 3.73. The lowest BCUT2D eigenvalue weighted by atomic mass is 10.1. The van der Waals surface area contributed by atoms with E-state index in [4.69, 9.17) is 19.3 Å². The average molecular weight is 232 g/mol. The Balaban J connectivity index is 2.38. The summed E-state index contributed by atoms with van der Waals surface area (Å²) in [7, 11) is 0. The van der Waals surface area contributed by atoms with E-state index < -0.39 is 5.79 Å². The molecule has 0 saturated carbocycles. The molecular formula is C11H20O5. The van der Waals surface area contributed by atoms with E-state index in [-0.39, 0.29) is 31.2 Å². The lowest BCUT2D eigenvalue weighted by molar-refractivity contribution is -0.152. The molecule has 0 unspecified atom stereocenters. The van der Waals surface area contributed by atoms with Crippen LogP contribution in [0.2, 0.25) is 0 Å². The lowest BCUT2D eigenvalue weighted by Gasteiger charge is -2.16. The van der Waals surface area contributed by atoms with Gasteiger partial charge in [-0.25, -0.2) is 0 Å². The minimum absolute atomic E-state index is 0.100. The topological polar surface area (TPSA) is 65.0 Å². The molecule has 1 aliphatic rings. The zero-order valence-corrected chi connectivity index (χ0v) is 10.1. The van der Waals surface area contributed by atoms with Gasteiger partial charge < -0.3 is 19.3 Å². The van der Waals surface area contributed by atoms with Crippen molar-refractivity contribution in [3.63, 3.8) is 0 Å². The Morgan fingerprint density at radius 2 is 2.00 bits per heavy atom. The molecular weight excluding hydrogens is 212 g/mol. The Hall–Kier alpha value is -0.650. The van der Waals surface area contributed by atoms with E-state index in [9.17, 15) is 4.79 Å². The maximum Gasteiger partial charge on any atom is 0.305 e. The van der Waals surface area contributed by atoms with Crippen LogP contribution in [0.1, 0.15) is 33.6 Å². The maximum absolute atomic E-state index is 11.2. The highest BCUT2D eigenvalue weighted by Gasteiger charge is 2.40. The van der Waals surface area contributed by atoms with Crippen LogP contribution in [-0.4, -0.2) is 42.3 Å². The fourth-order valence-corrected chi connectivity index (χ4v) is 1.80. The van der Waals surface area contributed by atoms with Crippen LogP contribution in [0.3, 0.4) is 0 Å². The molecule has 1 rings (SSSR count). The number of hydrogen-bond donors (Lipinski definition) is 1. The first-order chi connectivity index (χ1) is 7.48. The van der Waals surface area contributed by atoms with Crippen LogP contribution in [0.25, 0.3) is 0 Å². The van der Waals surface area contributed by atoms with Crippen LogP contribution in [0, 0.1) is 0 Å². The highest BCUT2D eigenvalue weighted by Crippen LogP contribution is 2.30. The smallest absolute Gasteiger partial charge is 0.305 e. The molecule has 16 heavy (non-hydrogen) atoms. The molecule has 5 heteroatoms. The van der Waals surface area contributed by atoms with Crippen molar-refractivity contribution < 1.29 is 24.1 Å². The number of ether oxygens (including phenoxy) is 3. The third-order valence-corrected chi connectivity index (χ3v) is 2.40. The molecule has 0 aromatic heterocycles. The molecule has 2 atom stereocenters.